The molecular weight excluding hydrogens is 745 g/mol. The fourth-order valence-electron chi connectivity index (χ4n) is 24.1. The molecule has 0 nitrogen and oxygen atoms in total. The summed E-state index contributed by atoms with van der Waals surface area (Å²) in [6.45, 7) is 0. The third kappa shape index (κ3) is 5.85. The van der Waals surface area contributed by atoms with Gasteiger partial charge in [0.25, 0.3) is 0 Å². The number of fused-ring (bicyclic) bond motifs is 40. The molecule has 14 fully saturated rings. The molecule has 16 bridgehead atoms. The summed E-state index contributed by atoms with van der Waals surface area (Å²) in [6, 6.07) is 0. The molecule has 334 valence electrons. The van der Waals surface area contributed by atoms with Gasteiger partial charge in [-0.05, 0) is 281 Å². The van der Waals surface area contributed by atoms with Crippen molar-refractivity contribution in [2.75, 3.05) is 0 Å². The summed E-state index contributed by atoms with van der Waals surface area (Å²) in [5, 5.41) is 0. The van der Waals surface area contributed by atoms with Crippen LogP contribution < -0.4 is 0 Å². The molecule has 0 amide bonds. The topological polar surface area (TPSA) is 0 Å². The third-order valence-electron chi connectivity index (χ3n) is 25.7. The Hall–Kier alpha value is -1.30. The molecule has 0 saturated heterocycles. The van der Waals surface area contributed by atoms with E-state index in [0.717, 1.165) is 118 Å². The van der Waals surface area contributed by atoms with E-state index in [4.69, 9.17) is 0 Å². The van der Waals surface area contributed by atoms with Gasteiger partial charge in [0.15, 0.2) is 0 Å². The maximum Gasteiger partial charge on any atom is -0.0194 e. The van der Waals surface area contributed by atoms with Crippen LogP contribution in [-0.2, 0) is 0 Å². The molecule has 0 spiro atoms. The Balaban J connectivity index is 0.0000000746. The van der Waals surface area contributed by atoms with E-state index in [2.05, 4.69) is 60.8 Å². The minimum Gasteiger partial charge on any atom is -0.0851 e. The van der Waals surface area contributed by atoms with E-state index in [1.165, 1.54) is 105 Å². The molecule has 0 heteroatoms. The second kappa shape index (κ2) is 15.1. The van der Waals surface area contributed by atoms with Gasteiger partial charge >= 0.3 is 0 Å². The van der Waals surface area contributed by atoms with Crippen LogP contribution in [0, 0.1) is 166 Å². The van der Waals surface area contributed by atoms with Gasteiger partial charge in [0.1, 0.15) is 0 Å². The maximum absolute atomic E-state index is 2.59. The van der Waals surface area contributed by atoms with Gasteiger partial charge in [-0.1, -0.05) is 99.3 Å². The van der Waals surface area contributed by atoms with Crippen LogP contribution in [0.15, 0.2) is 60.8 Å². The lowest BCUT2D eigenvalue weighted by Gasteiger charge is -2.44. The average molecular weight is 831 g/mol. The second-order valence-corrected chi connectivity index (χ2v) is 27.3. The first kappa shape index (κ1) is 38.8. The molecular formula is C62H86. The zero-order chi connectivity index (χ0) is 40.2. The Kier molecular flexibility index (Phi) is 9.45. The van der Waals surface area contributed by atoms with Crippen molar-refractivity contribution >= 4 is 0 Å². The van der Waals surface area contributed by atoms with Crippen molar-refractivity contribution < 1.29 is 0 Å². The Morgan fingerprint density at radius 1 is 0.194 bits per heavy atom. The van der Waals surface area contributed by atoms with Crippen molar-refractivity contribution in [3.63, 3.8) is 0 Å². The molecule has 19 rings (SSSR count). The lowest BCUT2D eigenvalue weighted by atomic mass is 9.61. The Labute approximate surface area is 378 Å². The number of hydrogen-bond donors (Lipinski definition) is 0. The Morgan fingerprint density at radius 3 is 0.823 bits per heavy atom. The van der Waals surface area contributed by atoms with Crippen molar-refractivity contribution in [1.82, 2.24) is 0 Å². The number of hydrogen-bond acceptors (Lipinski definition) is 0. The molecule has 0 heterocycles. The van der Waals surface area contributed by atoms with Crippen molar-refractivity contribution in [1.29, 1.82) is 0 Å². The monoisotopic (exact) mass is 831 g/mol. The van der Waals surface area contributed by atoms with Crippen LogP contribution in [0.1, 0.15) is 154 Å². The van der Waals surface area contributed by atoms with Gasteiger partial charge in [0.05, 0.1) is 0 Å². The second-order valence-electron chi connectivity index (χ2n) is 27.3. The summed E-state index contributed by atoms with van der Waals surface area (Å²) in [6.07, 6.45) is 62.4. The number of allylic oxidation sites excluding steroid dienone is 10. The van der Waals surface area contributed by atoms with Gasteiger partial charge in [-0.15, -0.1) is 0 Å². The van der Waals surface area contributed by atoms with E-state index < -0.39 is 0 Å². The van der Waals surface area contributed by atoms with E-state index in [1.54, 1.807) is 96.3 Å². The van der Waals surface area contributed by atoms with E-state index in [-0.39, 0.29) is 0 Å². The maximum atomic E-state index is 2.59. The van der Waals surface area contributed by atoms with E-state index in [0.29, 0.717) is 0 Å². The summed E-state index contributed by atoms with van der Waals surface area (Å²) in [5.41, 5.74) is 0. The largest absolute Gasteiger partial charge is 0.0851 e. The van der Waals surface area contributed by atoms with Crippen LogP contribution >= 0.6 is 0 Å². The summed E-state index contributed by atoms with van der Waals surface area (Å²) in [7, 11) is 0. The normalized spacial score (nSPS) is 60.6. The fraction of sp³-hybridized carbons (Fsp3) is 0.839. The molecule has 28 atom stereocenters. The Morgan fingerprint density at radius 2 is 0.500 bits per heavy atom. The summed E-state index contributed by atoms with van der Waals surface area (Å²) in [5.74, 6) is 30.9. The van der Waals surface area contributed by atoms with Crippen molar-refractivity contribution in [3.8, 4) is 0 Å². The molecule has 0 aromatic heterocycles. The highest BCUT2D eigenvalue weighted by atomic mass is 14.7. The molecule has 0 N–H and O–H groups in total. The molecule has 19 aliphatic rings. The average Bonchev–Trinajstić information content (AvgIpc) is 4.14. The van der Waals surface area contributed by atoms with Crippen LogP contribution in [-0.4, -0.2) is 0 Å². The van der Waals surface area contributed by atoms with E-state index in [1.807, 2.05) is 0 Å². The molecule has 0 aliphatic heterocycles. The van der Waals surface area contributed by atoms with Crippen molar-refractivity contribution in [2.45, 2.75) is 154 Å². The van der Waals surface area contributed by atoms with E-state index >= 15 is 0 Å². The SMILES string of the molecule is C1=CC2CC1C1C3CC(C4CCCCC43)C21.C1=CC2CC1C1C3CC(C4CCCCC43)C21.C1=CC2CC1C1C3CCC(C3)C21.C1=CC2CC1C1CCCCC21.C1=CC2CCC1C2. The fourth-order valence-corrected chi connectivity index (χ4v) is 24.1. The zero-order valence-electron chi connectivity index (χ0n) is 38.9. The van der Waals surface area contributed by atoms with Gasteiger partial charge in [0, 0.05) is 0 Å². The minimum atomic E-state index is 0.991. The Bertz CT molecular complexity index is 1670. The molecule has 62 heavy (non-hydrogen) atoms. The third-order valence-corrected chi connectivity index (χ3v) is 25.7. The summed E-state index contributed by atoms with van der Waals surface area (Å²) < 4.78 is 0. The van der Waals surface area contributed by atoms with Gasteiger partial charge in [0.2, 0.25) is 0 Å². The number of rotatable bonds is 0. The predicted octanol–water partition coefficient (Wildman–Crippen LogP) is 15.6. The van der Waals surface area contributed by atoms with Gasteiger partial charge in [-0.2, -0.15) is 0 Å². The zero-order valence-corrected chi connectivity index (χ0v) is 38.9. The highest BCUT2D eigenvalue weighted by molar-refractivity contribution is 5.24. The van der Waals surface area contributed by atoms with Crippen LogP contribution in [0.25, 0.3) is 0 Å². The highest BCUT2D eigenvalue weighted by Crippen LogP contribution is 2.72. The van der Waals surface area contributed by atoms with E-state index in [9.17, 15) is 0 Å². The van der Waals surface area contributed by atoms with Crippen molar-refractivity contribution in [3.05, 3.63) is 60.8 Å². The van der Waals surface area contributed by atoms with Gasteiger partial charge < -0.3 is 0 Å². The predicted molar refractivity (Wildman–Crippen MR) is 254 cm³/mol. The van der Waals surface area contributed by atoms with Gasteiger partial charge in [-0.3, -0.25) is 0 Å². The molecule has 0 aromatic rings. The smallest absolute Gasteiger partial charge is 0.0194 e. The van der Waals surface area contributed by atoms with Crippen LogP contribution in [0.3, 0.4) is 0 Å². The molecule has 19 aliphatic carbocycles. The van der Waals surface area contributed by atoms with Crippen molar-refractivity contribution in [2.24, 2.45) is 166 Å². The van der Waals surface area contributed by atoms with Crippen LogP contribution in [0.2, 0.25) is 0 Å². The molecule has 14 saturated carbocycles. The lowest BCUT2D eigenvalue weighted by Crippen LogP contribution is -2.38. The quantitative estimate of drug-likeness (QED) is 0.169. The van der Waals surface area contributed by atoms with Crippen LogP contribution in [0.5, 0.6) is 0 Å². The lowest BCUT2D eigenvalue weighted by molar-refractivity contribution is 0.0579. The first-order valence-electron chi connectivity index (χ1n) is 29.1. The molecule has 0 radical (unpaired) electrons. The van der Waals surface area contributed by atoms with Gasteiger partial charge in [-0.25, -0.2) is 0 Å². The summed E-state index contributed by atoms with van der Waals surface area (Å²) >= 11 is 0. The standard InChI is InChI=1S/2C16H22.C12H16.C11H16.C7H10/c2*1-2-4-12-11(3-1)13-8-14(12)16-10-6-5-9(7-10)15(13)16;1-2-8-5-7(1)11-9-3-4-10(6-9)12(8)11;1-2-4-11-9-6-5-8(7-9)10(11)3-1;1-2-7-4-3-6(1)5-7/h2*5-6,9-16H,1-4,7-8H2;1-2,7-12H,3-6H2;5-6,8-11H,1-4,7H2;1-2,6-7H,3-5H2. The van der Waals surface area contributed by atoms with Crippen LogP contribution in [0.4, 0.5) is 0 Å². The molecule has 0 aromatic carbocycles. The first-order chi connectivity index (χ1) is 30.7. The summed E-state index contributed by atoms with van der Waals surface area (Å²) in [4.78, 5) is 0. The first-order valence-corrected chi connectivity index (χ1v) is 29.1. The minimum absolute atomic E-state index is 0.991. The highest BCUT2D eigenvalue weighted by Gasteiger charge is 2.66. The molecule has 28 unspecified atom stereocenters.